The Kier molecular flexibility index (Phi) is 2.35. The molecule has 1 aliphatic heterocycles. The summed E-state index contributed by atoms with van der Waals surface area (Å²) in [4.78, 5) is 0. The van der Waals surface area contributed by atoms with E-state index in [9.17, 15) is 5.21 Å². The molecule has 2 nitrogen and oxygen atoms in total. The molecule has 1 rings (SSSR count). The molecule has 10 heavy (non-hydrogen) atoms. The third-order valence-electron chi connectivity index (χ3n) is 1.41. The molecule has 0 aromatic heterocycles. The van der Waals surface area contributed by atoms with Crippen molar-refractivity contribution in [3.8, 4) is 0 Å². The summed E-state index contributed by atoms with van der Waals surface area (Å²) >= 11 is 5.48. The quantitative estimate of drug-likeness (QED) is 0.533. The fraction of sp³-hybridized carbons (Fsp3) is 0.429. The summed E-state index contributed by atoms with van der Waals surface area (Å²) in [5.74, 6) is 0.299. The first-order valence-corrected chi connectivity index (χ1v) is 3.64. The maximum absolute atomic E-state index is 11.0. The van der Waals surface area contributed by atoms with Gasteiger partial charge in [-0.05, 0) is 13.0 Å². The molecule has 0 aliphatic carbocycles. The zero-order valence-electron chi connectivity index (χ0n) is 5.80. The highest BCUT2D eigenvalue weighted by Crippen LogP contribution is 2.12. The Balaban J connectivity index is 2.71. The lowest BCUT2D eigenvalue weighted by atomic mass is 10.2. The van der Waals surface area contributed by atoms with Crippen molar-refractivity contribution < 1.29 is 5.21 Å². The van der Waals surface area contributed by atoms with Gasteiger partial charge in [0.2, 0.25) is 0 Å². The van der Waals surface area contributed by atoms with E-state index < -0.39 is 0 Å². The highest BCUT2D eigenvalue weighted by molar-refractivity contribution is 6.19. The van der Waals surface area contributed by atoms with E-state index in [0.29, 0.717) is 18.1 Å². The average molecular weight is 159 g/mol. The topological polar surface area (TPSA) is 23.1 Å². The van der Waals surface area contributed by atoms with Gasteiger partial charge in [0.05, 0.1) is 18.1 Å². The summed E-state index contributed by atoms with van der Waals surface area (Å²) in [6.45, 7) is 2.38. The van der Waals surface area contributed by atoms with Gasteiger partial charge in [-0.15, -0.1) is 11.6 Å². The second kappa shape index (κ2) is 3.08. The molecule has 0 atom stereocenters. The number of hydrogen-bond acceptors (Lipinski definition) is 1. The molecule has 3 heteroatoms. The monoisotopic (exact) mass is 158 g/mol. The van der Waals surface area contributed by atoms with E-state index in [2.05, 4.69) is 0 Å². The number of hydrogen-bond donors (Lipinski definition) is 0. The van der Waals surface area contributed by atoms with Crippen LogP contribution >= 0.6 is 11.6 Å². The third-order valence-corrected chi connectivity index (χ3v) is 1.68. The Bertz CT molecular complexity index is 186. The third kappa shape index (κ3) is 1.52. The molecular formula is C7H9ClNO. The van der Waals surface area contributed by atoms with E-state index in [1.165, 1.54) is 0 Å². The number of hydroxylamine groups is 2. The molecule has 1 heterocycles. The normalized spacial score (nSPS) is 18.5. The van der Waals surface area contributed by atoms with Gasteiger partial charge in [-0.3, -0.25) is 0 Å². The first-order valence-electron chi connectivity index (χ1n) is 3.11. The largest absolute Gasteiger partial charge is 0.219 e. The summed E-state index contributed by atoms with van der Waals surface area (Å²) in [5, 5.41) is 11.9. The summed E-state index contributed by atoms with van der Waals surface area (Å²) < 4.78 is 0. The summed E-state index contributed by atoms with van der Waals surface area (Å²) in [6.07, 6.45) is 3.69. The number of nitrogens with zero attached hydrogens (tertiary/aromatic N) is 1. The van der Waals surface area contributed by atoms with E-state index in [1.54, 1.807) is 6.08 Å². The minimum Gasteiger partial charge on any atom is -0.219 e. The second-order valence-electron chi connectivity index (χ2n) is 2.34. The molecule has 0 bridgehead atoms. The zero-order chi connectivity index (χ0) is 7.56. The average Bonchev–Trinajstić information content (AvgIpc) is 1.88. The molecule has 1 radical (unpaired) electrons. The highest BCUT2D eigenvalue weighted by Gasteiger charge is 2.10. The van der Waals surface area contributed by atoms with Crippen LogP contribution in [0.4, 0.5) is 0 Å². The molecule has 0 N–H and O–H groups in total. The molecular weight excluding hydrogens is 150 g/mol. The van der Waals surface area contributed by atoms with E-state index in [-0.39, 0.29) is 0 Å². The maximum Gasteiger partial charge on any atom is 0.0694 e. The molecule has 0 saturated carbocycles. The van der Waals surface area contributed by atoms with Crippen molar-refractivity contribution in [3.63, 3.8) is 0 Å². The van der Waals surface area contributed by atoms with Crippen LogP contribution in [0.15, 0.2) is 23.4 Å². The van der Waals surface area contributed by atoms with Gasteiger partial charge in [0.1, 0.15) is 0 Å². The van der Waals surface area contributed by atoms with Crippen molar-refractivity contribution >= 4 is 11.6 Å². The Morgan fingerprint density at radius 1 is 1.70 bits per heavy atom. The van der Waals surface area contributed by atoms with Crippen LogP contribution in [0.3, 0.4) is 0 Å². The molecule has 0 aromatic carbocycles. The second-order valence-corrected chi connectivity index (χ2v) is 2.61. The van der Waals surface area contributed by atoms with E-state index in [1.807, 2.05) is 13.0 Å². The first kappa shape index (κ1) is 7.63. The maximum atomic E-state index is 11.0. The van der Waals surface area contributed by atoms with Crippen molar-refractivity contribution in [2.24, 2.45) is 0 Å². The predicted molar refractivity (Wildman–Crippen MR) is 40.0 cm³/mol. The number of alkyl halides is 1. The van der Waals surface area contributed by atoms with Gasteiger partial charge < -0.3 is 0 Å². The Morgan fingerprint density at radius 2 is 2.40 bits per heavy atom. The van der Waals surface area contributed by atoms with Crippen molar-refractivity contribution in [1.82, 2.24) is 5.06 Å². The van der Waals surface area contributed by atoms with Crippen molar-refractivity contribution in [3.05, 3.63) is 23.4 Å². The van der Waals surface area contributed by atoms with Gasteiger partial charge in [0.15, 0.2) is 0 Å². The molecule has 1 aliphatic rings. The van der Waals surface area contributed by atoms with Gasteiger partial charge in [-0.2, -0.15) is 0 Å². The van der Waals surface area contributed by atoms with E-state index in [0.717, 1.165) is 10.6 Å². The van der Waals surface area contributed by atoms with Gasteiger partial charge in [-0.25, -0.2) is 5.06 Å². The van der Waals surface area contributed by atoms with Crippen molar-refractivity contribution in [2.45, 2.75) is 6.92 Å². The lowest BCUT2D eigenvalue weighted by Crippen LogP contribution is -2.22. The highest BCUT2D eigenvalue weighted by atomic mass is 35.5. The first-order chi connectivity index (χ1) is 4.74. The van der Waals surface area contributed by atoms with Gasteiger partial charge in [0, 0.05) is 0 Å². The summed E-state index contributed by atoms with van der Waals surface area (Å²) in [5.41, 5.74) is 1.72. The summed E-state index contributed by atoms with van der Waals surface area (Å²) in [6, 6.07) is 0. The van der Waals surface area contributed by atoms with Crippen LogP contribution < -0.4 is 0 Å². The van der Waals surface area contributed by atoms with Crippen LogP contribution in [0.1, 0.15) is 6.92 Å². The van der Waals surface area contributed by atoms with Crippen molar-refractivity contribution in [1.29, 1.82) is 0 Å². The molecule has 0 aromatic rings. The molecule has 0 amide bonds. The number of allylic oxidation sites excluding steroid dienone is 3. The van der Waals surface area contributed by atoms with Crippen LogP contribution in [0, 0.1) is 0 Å². The smallest absolute Gasteiger partial charge is 0.0694 e. The van der Waals surface area contributed by atoms with Crippen molar-refractivity contribution in [2.75, 3.05) is 12.4 Å². The molecule has 0 fully saturated rings. The Morgan fingerprint density at radius 3 is 2.90 bits per heavy atom. The van der Waals surface area contributed by atoms with Crippen LogP contribution in [0.5, 0.6) is 0 Å². The molecule has 0 spiro atoms. The van der Waals surface area contributed by atoms with E-state index in [4.69, 9.17) is 11.6 Å². The zero-order valence-corrected chi connectivity index (χ0v) is 6.56. The van der Waals surface area contributed by atoms with Gasteiger partial charge in [0.25, 0.3) is 0 Å². The van der Waals surface area contributed by atoms with Gasteiger partial charge in [-0.1, -0.05) is 16.9 Å². The van der Waals surface area contributed by atoms with Crippen LogP contribution in [-0.4, -0.2) is 17.5 Å². The van der Waals surface area contributed by atoms with E-state index >= 15 is 0 Å². The lowest BCUT2D eigenvalue weighted by molar-refractivity contribution is -0.118. The predicted octanol–water partition coefficient (Wildman–Crippen LogP) is 1.72. The SMILES string of the molecule is CC1=CC=C(CCl)N([O])C1. The summed E-state index contributed by atoms with van der Waals surface area (Å²) in [7, 11) is 0. The fourth-order valence-corrected chi connectivity index (χ4v) is 1.04. The van der Waals surface area contributed by atoms with Gasteiger partial charge >= 0.3 is 0 Å². The minimum absolute atomic E-state index is 0.299. The number of halogens is 1. The number of rotatable bonds is 1. The van der Waals surface area contributed by atoms with Crippen LogP contribution in [0.2, 0.25) is 0 Å². The molecule has 0 saturated heterocycles. The standard InChI is InChI=1S/C7H9ClNO/c1-6-2-3-7(4-8)9(10)5-6/h2-3H,4-5H2,1H3. The van der Waals surface area contributed by atoms with Crippen LogP contribution in [-0.2, 0) is 5.21 Å². The molecule has 55 valence electrons. The Hall–Kier alpha value is -0.470. The Labute approximate surface area is 65.4 Å². The molecule has 0 unspecified atom stereocenters. The van der Waals surface area contributed by atoms with Crippen LogP contribution in [0.25, 0.3) is 0 Å². The fourth-order valence-electron chi connectivity index (χ4n) is 0.814. The minimum atomic E-state index is 0.299. The lowest BCUT2D eigenvalue weighted by Gasteiger charge is -2.19.